The summed E-state index contributed by atoms with van der Waals surface area (Å²) < 4.78 is 16.7. The largest absolute Gasteiger partial charge is 0.465 e. The van der Waals surface area contributed by atoms with Gasteiger partial charge in [0.2, 0.25) is 0 Å². The Bertz CT molecular complexity index is 259. The molecule has 0 radical (unpaired) electrons. The number of esters is 1. The smallest absolute Gasteiger partial charge is 0.305 e. The molecule has 0 saturated carbocycles. The summed E-state index contributed by atoms with van der Waals surface area (Å²) in [6.45, 7) is 8.21. The molecular weight excluding hydrogens is 256 g/mol. The Morgan fingerprint density at radius 1 is 1.30 bits per heavy atom. The Labute approximate surface area is 123 Å². The molecule has 0 N–H and O–H groups in total. The lowest BCUT2D eigenvalue weighted by Gasteiger charge is -2.26. The van der Waals surface area contributed by atoms with Crippen LogP contribution in [0.15, 0.2) is 0 Å². The third-order valence-corrected chi connectivity index (χ3v) is 3.39. The number of carbonyl (C=O) groups excluding carboxylic acids is 1. The van der Waals surface area contributed by atoms with Crippen LogP contribution in [-0.4, -0.2) is 32.1 Å². The Morgan fingerprint density at radius 3 is 2.70 bits per heavy atom. The highest BCUT2D eigenvalue weighted by Gasteiger charge is 2.19. The number of rotatable bonds is 9. The zero-order valence-corrected chi connectivity index (χ0v) is 13.2. The molecule has 1 aliphatic heterocycles. The standard InChI is InChI=1S/C16H30O4/c1-4-7-15(17)19-11-14(10-13(2)3)12-20-16-8-5-6-9-18-16/h13-14,16H,4-12H2,1-3H3. The quantitative estimate of drug-likeness (QED) is 0.608. The zero-order valence-electron chi connectivity index (χ0n) is 13.2. The Morgan fingerprint density at radius 2 is 2.10 bits per heavy atom. The molecule has 0 aromatic heterocycles. The summed E-state index contributed by atoms with van der Waals surface area (Å²) in [5, 5.41) is 0. The van der Waals surface area contributed by atoms with Crippen LogP contribution in [-0.2, 0) is 19.0 Å². The second-order valence-electron chi connectivity index (χ2n) is 6.06. The second-order valence-corrected chi connectivity index (χ2v) is 6.06. The van der Waals surface area contributed by atoms with E-state index in [-0.39, 0.29) is 18.2 Å². The van der Waals surface area contributed by atoms with Crippen LogP contribution >= 0.6 is 0 Å². The van der Waals surface area contributed by atoms with Crippen LogP contribution in [0.25, 0.3) is 0 Å². The molecule has 1 fully saturated rings. The van der Waals surface area contributed by atoms with Gasteiger partial charge in [-0.25, -0.2) is 0 Å². The van der Waals surface area contributed by atoms with Crippen LogP contribution in [0.5, 0.6) is 0 Å². The fraction of sp³-hybridized carbons (Fsp3) is 0.938. The number of ether oxygens (including phenoxy) is 3. The van der Waals surface area contributed by atoms with Gasteiger partial charge in [0.05, 0.1) is 13.2 Å². The first-order chi connectivity index (χ1) is 9.61. The third-order valence-electron chi connectivity index (χ3n) is 3.39. The summed E-state index contributed by atoms with van der Waals surface area (Å²) in [6, 6.07) is 0. The molecule has 1 heterocycles. The summed E-state index contributed by atoms with van der Waals surface area (Å²) in [5.41, 5.74) is 0. The van der Waals surface area contributed by atoms with E-state index in [4.69, 9.17) is 14.2 Å². The van der Waals surface area contributed by atoms with Crippen LogP contribution in [0.2, 0.25) is 0 Å². The molecule has 4 nitrogen and oxygen atoms in total. The molecule has 1 aliphatic rings. The van der Waals surface area contributed by atoms with Gasteiger partial charge in [0.1, 0.15) is 0 Å². The van der Waals surface area contributed by atoms with Crippen molar-refractivity contribution in [2.75, 3.05) is 19.8 Å². The van der Waals surface area contributed by atoms with Crippen LogP contribution in [0.1, 0.15) is 59.3 Å². The van der Waals surface area contributed by atoms with E-state index >= 15 is 0 Å². The van der Waals surface area contributed by atoms with Gasteiger partial charge < -0.3 is 14.2 Å². The van der Waals surface area contributed by atoms with Gasteiger partial charge >= 0.3 is 5.97 Å². The first kappa shape index (κ1) is 17.4. The molecule has 2 unspecified atom stereocenters. The maximum absolute atomic E-state index is 11.5. The summed E-state index contributed by atoms with van der Waals surface area (Å²) in [6.07, 6.45) is 5.55. The molecule has 0 aromatic carbocycles. The Balaban J connectivity index is 2.28. The number of hydrogen-bond donors (Lipinski definition) is 0. The molecule has 0 aromatic rings. The highest BCUT2D eigenvalue weighted by atomic mass is 16.7. The van der Waals surface area contributed by atoms with E-state index < -0.39 is 0 Å². The normalized spacial score (nSPS) is 20.9. The molecule has 0 aliphatic carbocycles. The van der Waals surface area contributed by atoms with E-state index in [1.54, 1.807) is 0 Å². The van der Waals surface area contributed by atoms with Crippen molar-refractivity contribution in [2.45, 2.75) is 65.6 Å². The lowest BCUT2D eigenvalue weighted by Crippen LogP contribution is -2.27. The second kappa shape index (κ2) is 10.2. The predicted octanol–water partition coefficient (Wildman–Crippen LogP) is 3.54. The van der Waals surface area contributed by atoms with E-state index in [1.165, 1.54) is 6.42 Å². The molecule has 0 bridgehead atoms. The fourth-order valence-corrected chi connectivity index (χ4v) is 2.42. The lowest BCUT2D eigenvalue weighted by atomic mass is 9.98. The van der Waals surface area contributed by atoms with E-state index in [1.807, 2.05) is 6.92 Å². The minimum Gasteiger partial charge on any atom is -0.465 e. The van der Waals surface area contributed by atoms with Gasteiger partial charge in [0.25, 0.3) is 0 Å². The van der Waals surface area contributed by atoms with Gasteiger partial charge in [-0.2, -0.15) is 0 Å². The highest BCUT2D eigenvalue weighted by Crippen LogP contribution is 2.18. The molecule has 1 rings (SSSR count). The van der Waals surface area contributed by atoms with Crippen molar-refractivity contribution in [3.8, 4) is 0 Å². The molecule has 1 saturated heterocycles. The zero-order chi connectivity index (χ0) is 14.8. The van der Waals surface area contributed by atoms with Crippen LogP contribution in [0.3, 0.4) is 0 Å². The highest BCUT2D eigenvalue weighted by molar-refractivity contribution is 5.69. The van der Waals surface area contributed by atoms with Crippen molar-refractivity contribution >= 4 is 5.97 Å². The van der Waals surface area contributed by atoms with Gasteiger partial charge in [-0.1, -0.05) is 20.8 Å². The topological polar surface area (TPSA) is 44.8 Å². The summed E-state index contributed by atoms with van der Waals surface area (Å²) in [7, 11) is 0. The van der Waals surface area contributed by atoms with Gasteiger partial charge in [-0.15, -0.1) is 0 Å². The van der Waals surface area contributed by atoms with Crippen molar-refractivity contribution in [3.63, 3.8) is 0 Å². The van der Waals surface area contributed by atoms with Crippen LogP contribution in [0.4, 0.5) is 0 Å². The van der Waals surface area contributed by atoms with Crippen LogP contribution < -0.4 is 0 Å². The van der Waals surface area contributed by atoms with Crippen LogP contribution in [0, 0.1) is 11.8 Å². The first-order valence-corrected chi connectivity index (χ1v) is 8.00. The SMILES string of the molecule is CCCC(=O)OCC(COC1CCCCO1)CC(C)C. The molecule has 118 valence electrons. The maximum Gasteiger partial charge on any atom is 0.305 e. The molecule has 20 heavy (non-hydrogen) atoms. The molecule has 0 spiro atoms. The summed E-state index contributed by atoms with van der Waals surface area (Å²) in [4.78, 5) is 11.5. The van der Waals surface area contributed by atoms with E-state index in [2.05, 4.69) is 13.8 Å². The predicted molar refractivity (Wildman–Crippen MR) is 78.4 cm³/mol. The minimum atomic E-state index is -0.102. The Hall–Kier alpha value is -0.610. The minimum absolute atomic E-state index is 0.0650. The third kappa shape index (κ3) is 7.85. The summed E-state index contributed by atoms with van der Waals surface area (Å²) >= 11 is 0. The monoisotopic (exact) mass is 286 g/mol. The molecular formula is C16H30O4. The lowest BCUT2D eigenvalue weighted by molar-refractivity contribution is -0.174. The van der Waals surface area contributed by atoms with Crippen molar-refractivity contribution < 1.29 is 19.0 Å². The summed E-state index contributed by atoms with van der Waals surface area (Å²) in [5.74, 6) is 0.734. The Kier molecular flexibility index (Phi) is 8.86. The molecule has 4 heteroatoms. The van der Waals surface area contributed by atoms with Crippen molar-refractivity contribution in [1.29, 1.82) is 0 Å². The maximum atomic E-state index is 11.5. The van der Waals surface area contributed by atoms with E-state index in [0.717, 1.165) is 32.3 Å². The van der Waals surface area contributed by atoms with Crippen molar-refractivity contribution in [3.05, 3.63) is 0 Å². The van der Waals surface area contributed by atoms with Crippen molar-refractivity contribution in [1.82, 2.24) is 0 Å². The van der Waals surface area contributed by atoms with Gasteiger partial charge in [-0.3, -0.25) is 4.79 Å². The van der Waals surface area contributed by atoms with Gasteiger partial charge in [0, 0.05) is 18.9 Å². The fourth-order valence-electron chi connectivity index (χ4n) is 2.42. The number of carbonyl (C=O) groups is 1. The average molecular weight is 286 g/mol. The molecule has 0 amide bonds. The van der Waals surface area contributed by atoms with Crippen molar-refractivity contribution in [2.24, 2.45) is 11.8 Å². The number of hydrogen-bond acceptors (Lipinski definition) is 4. The van der Waals surface area contributed by atoms with E-state index in [0.29, 0.717) is 25.6 Å². The van der Waals surface area contributed by atoms with E-state index in [9.17, 15) is 4.79 Å². The van der Waals surface area contributed by atoms with Gasteiger partial charge in [0.15, 0.2) is 6.29 Å². The first-order valence-electron chi connectivity index (χ1n) is 8.00. The average Bonchev–Trinajstić information content (AvgIpc) is 2.43. The molecule has 2 atom stereocenters. The van der Waals surface area contributed by atoms with Gasteiger partial charge in [-0.05, 0) is 38.0 Å².